The van der Waals surface area contributed by atoms with Gasteiger partial charge in [-0.15, -0.1) is 0 Å². The van der Waals surface area contributed by atoms with Crippen molar-refractivity contribution in [2.75, 3.05) is 0 Å². The second kappa shape index (κ2) is 4.22. The molecule has 2 unspecified atom stereocenters. The Labute approximate surface area is 104 Å². The molecule has 1 aromatic heterocycles. The maximum absolute atomic E-state index is 13.9. The molecule has 0 amide bonds. The minimum Gasteiger partial charge on any atom is -0.239 e. The number of aromatic nitrogens is 3. The number of hydrogen-bond acceptors (Lipinski definition) is 3. The molecule has 0 spiro atoms. The lowest BCUT2D eigenvalue weighted by atomic mass is 10.0. The third-order valence-corrected chi connectivity index (χ3v) is 3.13. The van der Waals surface area contributed by atoms with E-state index in [4.69, 9.17) is 5.26 Å². The maximum Gasteiger partial charge on any atom is 0.165 e. The Morgan fingerprint density at radius 2 is 2.17 bits per heavy atom. The average Bonchev–Trinajstić information content (AvgIpc) is 2.92. The first-order valence-electron chi connectivity index (χ1n) is 5.81. The summed E-state index contributed by atoms with van der Waals surface area (Å²) in [6, 6.07) is 11.6. The van der Waals surface area contributed by atoms with Crippen molar-refractivity contribution < 1.29 is 4.39 Å². The van der Waals surface area contributed by atoms with Gasteiger partial charge in [-0.25, -0.2) is 14.1 Å². The van der Waals surface area contributed by atoms with E-state index in [1.54, 1.807) is 4.68 Å². The van der Waals surface area contributed by atoms with Gasteiger partial charge < -0.3 is 0 Å². The van der Waals surface area contributed by atoms with Crippen LogP contribution in [-0.2, 0) is 6.42 Å². The maximum atomic E-state index is 13.9. The van der Waals surface area contributed by atoms with Gasteiger partial charge in [0.15, 0.2) is 17.8 Å². The van der Waals surface area contributed by atoms with Gasteiger partial charge >= 0.3 is 0 Å². The van der Waals surface area contributed by atoms with Crippen LogP contribution in [0.4, 0.5) is 4.39 Å². The van der Waals surface area contributed by atoms with Gasteiger partial charge in [0.05, 0.1) is 18.5 Å². The quantitative estimate of drug-likeness (QED) is 0.812. The van der Waals surface area contributed by atoms with Crippen LogP contribution in [0, 0.1) is 11.3 Å². The third-order valence-electron chi connectivity index (χ3n) is 3.13. The van der Waals surface area contributed by atoms with Gasteiger partial charge in [0.25, 0.3) is 0 Å². The van der Waals surface area contributed by atoms with Crippen LogP contribution in [0.5, 0.6) is 0 Å². The molecule has 0 saturated heterocycles. The SMILES string of the molecule is N#CCc1nc2n(n1)C(c1ccccc1)CC2F. The van der Waals surface area contributed by atoms with E-state index in [1.165, 1.54) is 0 Å². The lowest BCUT2D eigenvalue weighted by Gasteiger charge is -2.11. The molecule has 0 aliphatic carbocycles. The van der Waals surface area contributed by atoms with Crippen LogP contribution in [0.3, 0.4) is 0 Å². The van der Waals surface area contributed by atoms with Crippen molar-refractivity contribution in [2.45, 2.75) is 25.1 Å². The molecular weight excluding hydrogens is 231 g/mol. The largest absolute Gasteiger partial charge is 0.239 e. The van der Waals surface area contributed by atoms with E-state index in [9.17, 15) is 4.39 Å². The van der Waals surface area contributed by atoms with Crippen molar-refractivity contribution in [3.8, 4) is 6.07 Å². The standard InChI is InChI=1S/C13H11FN4/c14-10-8-11(9-4-2-1-3-5-9)18-13(10)16-12(17-18)6-7-15/h1-5,10-11H,6,8H2. The summed E-state index contributed by atoms with van der Waals surface area (Å²) in [5.74, 6) is 0.741. The van der Waals surface area contributed by atoms with Crippen molar-refractivity contribution in [2.24, 2.45) is 0 Å². The van der Waals surface area contributed by atoms with E-state index in [0.29, 0.717) is 18.1 Å². The van der Waals surface area contributed by atoms with Crippen molar-refractivity contribution in [3.05, 3.63) is 47.5 Å². The summed E-state index contributed by atoms with van der Waals surface area (Å²) < 4.78 is 15.5. The Balaban J connectivity index is 2.01. The molecule has 0 N–H and O–H groups in total. The monoisotopic (exact) mass is 242 g/mol. The Bertz CT molecular complexity index is 599. The number of benzene rings is 1. The summed E-state index contributed by atoms with van der Waals surface area (Å²) in [4.78, 5) is 4.09. The van der Waals surface area contributed by atoms with Crippen LogP contribution in [0.25, 0.3) is 0 Å². The Kier molecular flexibility index (Phi) is 2.56. The van der Waals surface area contributed by atoms with Crippen molar-refractivity contribution in [1.82, 2.24) is 14.8 Å². The third kappa shape index (κ3) is 1.66. The molecule has 1 aliphatic heterocycles. The fourth-order valence-corrected chi connectivity index (χ4v) is 2.32. The normalized spacial score (nSPS) is 21.6. The molecule has 4 nitrogen and oxygen atoms in total. The first kappa shape index (κ1) is 10.9. The molecule has 18 heavy (non-hydrogen) atoms. The summed E-state index contributed by atoms with van der Waals surface area (Å²) in [6.45, 7) is 0. The molecule has 3 rings (SSSR count). The van der Waals surface area contributed by atoms with E-state index in [-0.39, 0.29) is 12.5 Å². The number of nitriles is 1. The fourth-order valence-electron chi connectivity index (χ4n) is 2.32. The highest BCUT2D eigenvalue weighted by Crippen LogP contribution is 2.39. The summed E-state index contributed by atoms with van der Waals surface area (Å²) in [6.07, 6.45) is -0.615. The summed E-state index contributed by atoms with van der Waals surface area (Å²) in [7, 11) is 0. The second-order valence-corrected chi connectivity index (χ2v) is 4.30. The number of hydrogen-bond donors (Lipinski definition) is 0. The molecule has 90 valence electrons. The van der Waals surface area contributed by atoms with E-state index in [1.807, 2.05) is 36.4 Å². The summed E-state index contributed by atoms with van der Waals surface area (Å²) in [5.41, 5.74) is 1.02. The highest BCUT2D eigenvalue weighted by atomic mass is 19.1. The van der Waals surface area contributed by atoms with Gasteiger partial charge in [0.1, 0.15) is 0 Å². The number of halogens is 1. The number of rotatable bonds is 2. The van der Waals surface area contributed by atoms with Crippen molar-refractivity contribution in [1.29, 1.82) is 5.26 Å². The number of fused-ring (bicyclic) bond motifs is 1. The van der Waals surface area contributed by atoms with E-state index < -0.39 is 6.17 Å². The van der Waals surface area contributed by atoms with Crippen LogP contribution in [0.2, 0.25) is 0 Å². The topological polar surface area (TPSA) is 54.5 Å². The summed E-state index contributed by atoms with van der Waals surface area (Å²) >= 11 is 0. The number of alkyl halides is 1. The Hall–Kier alpha value is -2.22. The van der Waals surface area contributed by atoms with Gasteiger partial charge in [-0.2, -0.15) is 10.4 Å². The number of nitrogens with zero attached hydrogens (tertiary/aromatic N) is 4. The molecular formula is C13H11FN4. The molecule has 0 saturated carbocycles. The molecule has 5 heteroatoms. The van der Waals surface area contributed by atoms with Crippen molar-refractivity contribution >= 4 is 0 Å². The van der Waals surface area contributed by atoms with E-state index in [0.717, 1.165) is 5.56 Å². The average molecular weight is 242 g/mol. The Morgan fingerprint density at radius 3 is 2.89 bits per heavy atom. The second-order valence-electron chi connectivity index (χ2n) is 4.30. The van der Waals surface area contributed by atoms with Gasteiger partial charge in [-0.3, -0.25) is 0 Å². The zero-order valence-electron chi connectivity index (χ0n) is 9.62. The van der Waals surface area contributed by atoms with Gasteiger partial charge in [0, 0.05) is 6.42 Å². The first-order valence-corrected chi connectivity index (χ1v) is 5.81. The van der Waals surface area contributed by atoms with E-state index in [2.05, 4.69) is 10.1 Å². The molecule has 2 atom stereocenters. The van der Waals surface area contributed by atoms with Crippen LogP contribution in [0.15, 0.2) is 30.3 Å². The lowest BCUT2D eigenvalue weighted by molar-refractivity contribution is 0.328. The molecule has 2 aromatic rings. The lowest BCUT2D eigenvalue weighted by Crippen LogP contribution is -2.07. The van der Waals surface area contributed by atoms with Gasteiger partial charge in [0.2, 0.25) is 0 Å². The zero-order valence-corrected chi connectivity index (χ0v) is 9.62. The Morgan fingerprint density at radius 1 is 1.39 bits per heavy atom. The van der Waals surface area contributed by atoms with Crippen LogP contribution < -0.4 is 0 Å². The highest BCUT2D eigenvalue weighted by Gasteiger charge is 2.35. The predicted octanol–water partition coefficient (Wildman–Crippen LogP) is 2.35. The molecule has 2 heterocycles. The molecule has 1 aliphatic rings. The van der Waals surface area contributed by atoms with Gasteiger partial charge in [-0.1, -0.05) is 30.3 Å². The van der Waals surface area contributed by atoms with Gasteiger partial charge in [-0.05, 0) is 5.56 Å². The fraction of sp³-hybridized carbons (Fsp3) is 0.308. The summed E-state index contributed by atoms with van der Waals surface area (Å²) in [5, 5.41) is 12.9. The smallest absolute Gasteiger partial charge is 0.165 e. The molecule has 0 radical (unpaired) electrons. The van der Waals surface area contributed by atoms with Crippen LogP contribution >= 0.6 is 0 Å². The molecule has 0 fully saturated rings. The minimum absolute atomic E-state index is 0.115. The first-order chi connectivity index (χ1) is 8.79. The van der Waals surface area contributed by atoms with Crippen molar-refractivity contribution in [3.63, 3.8) is 0 Å². The van der Waals surface area contributed by atoms with Crippen LogP contribution in [-0.4, -0.2) is 14.8 Å². The predicted molar refractivity (Wildman–Crippen MR) is 62.4 cm³/mol. The zero-order chi connectivity index (χ0) is 12.5. The molecule has 1 aromatic carbocycles. The molecule has 0 bridgehead atoms. The van der Waals surface area contributed by atoms with E-state index >= 15 is 0 Å². The van der Waals surface area contributed by atoms with Crippen LogP contribution in [0.1, 0.15) is 35.8 Å². The minimum atomic E-state index is -1.10. The highest BCUT2D eigenvalue weighted by molar-refractivity contribution is 5.23.